The number of nitrogens with zero attached hydrogens (tertiary/aromatic N) is 3. The van der Waals surface area contributed by atoms with Crippen LogP contribution in [0.1, 0.15) is 11.1 Å². The molecule has 7 nitrogen and oxygen atoms in total. The normalized spacial score (nSPS) is 10.7. The quantitative estimate of drug-likeness (QED) is 0.476. The first-order chi connectivity index (χ1) is 10.9. The minimum absolute atomic E-state index is 0.0146. The molecule has 23 heavy (non-hydrogen) atoms. The predicted molar refractivity (Wildman–Crippen MR) is 89.4 cm³/mol. The van der Waals surface area contributed by atoms with Crippen LogP contribution in [0.3, 0.4) is 0 Å². The van der Waals surface area contributed by atoms with Crippen molar-refractivity contribution < 1.29 is 9.85 Å². The van der Waals surface area contributed by atoms with E-state index in [4.69, 9.17) is 0 Å². The highest BCUT2D eigenvalue weighted by molar-refractivity contribution is 5.79. The Hall–Kier alpha value is -3.22. The lowest BCUT2D eigenvalue weighted by molar-refractivity contribution is -0.394. The second-order valence-corrected chi connectivity index (χ2v) is 5.04. The van der Waals surface area contributed by atoms with Gasteiger partial charge < -0.3 is 4.90 Å². The van der Waals surface area contributed by atoms with Gasteiger partial charge in [0.1, 0.15) is 5.56 Å². The summed E-state index contributed by atoms with van der Waals surface area (Å²) in [6.07, 6.45) is 3.02. The van der Waals surface area contributed by atoms with Crippen molar-refractivity contribution in [3.8, 4) is 0 Å². The summed E-state index contributed by atoms with van der Waals surface area (Å²) in [6.45, 7) is 0. The monoisotopic (exact) mass is 313 g/mol. The van der Waals surface area contributed by atoms with Crippen LogP contribution < -0.4 is 4.90 Å². The maximum absolute atomic E-state index is 11.1. The molecule has 7 heteroatoms. The lowest BCUT2D eigenvalue weighted by atomic mass is 10.1. The fourth-order valence-electron chi connectivity index (χ4n) is 2.09. The third kappa shape index (κ3) is 3.70. The first kappa shape index (κ1) is 16.2. The third-order valence-electron chi connectivity index (χ3n) is 3.31. The molecule has 0 radical (unpaired) electrons. The van der Waals surface area contributed by atoms with Gasteiger partial charge in [-0.15, -0.1) is 0 Å². The smallest absolute Gasteiger partial charge is 0.283 e. The Labute approximate surface area is 132 Å². The highest BCUT2D eigenvalue weighted by Gasteiger charge is 2.22. The SMILES string of the molecule is CN(C)c1ccc(/C=C/c2c([N+](=O)[O-])cccc2[N+](=O)[O-])cc1. The minimum atomic E-state index is -0.623. The molecule has 0 fully saturated rings. The second-order valence-electron chi connectivity index (χ2n) is 5.04. The first-order valence-corrected chi connectivity index (χ1v) is 6.77. The van der Waals surface area contributed by atoms with Crippen molar-refractivity contribution in [1.29, 1.82) is 0 Å². The number of hydrogen-bond acceptors (Lipinski definition) is 5. The van der Waals surface area contributed by atoms with Gasteiger partial charge in [0.25, 0.3) is 11.4 Å². The number of hydrogen-bond donors (Lipinski definition) is 0. The number of anilines is 1. The summed E-state index contributed by atoms with van der Waals surface area (Å²) in [5, 5.41) is 22.1. The maximum atomic E-state index is 11.1. The molecule has 0 aliphatic rings. The van der Waals surface area contributed by atoms with Crippen molar-refractivity contribution in [2.45, 2.75) is 0 Å². The van der Waals surface area contributed by atoms with Gasteiger partial charge in [0, 0.05) is 31.9 Å². The molecule has 2 aromatic rings. The Kier molecular flexibility index (Phi) is 4.70. The predicted octanol–water partition coefficient (Wildman–Crippen LogP) is 3.74. The summed E-state index contributed by atoms with van der Waals surface area (Å²) in [5.41, 5.74) is 1.21. The molecule has 118 valence electrons. The molecular formula is C16H15N3O4. The zero-order chi connectivity index (χ0) is 17.0. The van der Waals surface area contributed by atoms with Crippen LogP contribution in [0, 0.1) is 20.2 Å². The average molecular weight is 313 g/mol. The molecule has 2 aromatic carbocycles. The minimum Gasteiger partial charge on any atom is -0.378 e. The van der Waals surface area contributed by atoms with E-state index in [0.717, 1.165) is 11.3 Å². The largest absolute Gasteiger partial charge is 0.378 e. The Morgan fingerprint density at radius 1 is 0.870 bits per heavy atom. The van der Waals surface area contributed by atoms with Crippen molar-refractivity contribution >= 4 is 29.2 Å². The molecule has 0 unspecified atom stereocenters. The lowest BCUT2D eigenvalue weighted by Crippen LogP contribution is -2.07. The fraction of sp³-hybridized carbons (Fsp3) is 0.125. The van der Waals surface area contributed by atoms with Crippen LogP contribution in [-0.2, 0) is 0 Å². The van der Waals surface area contributed by atoms with E-state index in [1.807, 2.05) is 43.3 Å². The number of benzene rings is 2. The molecule has 0 aromatic heterocycles. The van der Waals surface area contributed by atoms with E-state index in [9.17, 15) is 20.2 Å². The van der Waals surface area contributed by atoms with Gasteiger partial charge in [-0.05, 0) is 29.8 Å². The van der Waals surface area contributed by atoms with Crippen molar-refractivity contribution in [3.05, 3.63) is 73.8 Å². The molecule has 0 aliphatic heterocycles. The van der Waals surface area contributed by atoms with E-state index >= 15 is 0 Å². The summed E-state index contributed by atoms with van der Waals surface area (Å²) in [5.74, 6) is 0. The molecule has 0 saturated heterocycles. The lowest BCUT2D eigenvalue weighted by Gasteiger charge is -2.11. The van der Waals surface area contributed by atoms with E-state index < -0.39 is 9.85 Å². The number of nitro benzene ring substituents is 2. The van der Waals surface area contributed by atoms with Gasteiger partial charge in [-0.25, -0.2) is 0 Å². The maximum Gasteiger partial charge on any atom is 0.283 e. The Morgan fingerprint density at radius 3 is 1.83 bits per heavy atom. The second kappa shape index (κ2) is 6.69. The van der Waals surface area contributed by atoms with Gasteiger partial charge in [0.15, 0.2) is 0 Å². The number of nitro groups is 2. The van der Waals surface area contributed by atoms with E-state index in [1.165, 1.54) is 24.3 Å². The summed E-state index contributed by atoms with van der Waals surface area (Å²) < 4.78 is 0. The van der Waals surface area contributed by atoms with Crippen molar-refractivity contribution in [3.63, 3.8) is 0 Å². The molecule has 0 aliphatic carbocycles. The van der Waals surface area contributed by atoms with Crippen LogP contribution in [-0.4, -0.2) is 23.9 Å². The Morgan fingerprint density at radius 2 is 1.39 bits per heavy atom. The van der Waals surface area contributed by atoms with E-state index in [2.05, 4.69) is 0 Å². The average Bonchev–Trinajstić information content (AvgIpc) is 2.52. The van der Waals surface area contributed by atoms with Gasteiger partial charge >= 0.3 is 0 Å². The summed E-state index contributed by atoms with van der Waals surface area (Å²) in [6, 6.07) is 11.3. The van der Waals surface area contributed by atoms with Gasteiger partial charge in [-0.1, -0.05) is 18.2 Å². The van der Waals surface area contributed by atoms with Crippen LogP contribution >= 0.6 is 0 Å². The molecular weight excluding hydrogens is 298 g/mol. The zero-order valence-corrected chi connectivity index (χ0v) is 12.7. The van der Waals surface area contributed by atoms with Crippen LogP contribution in [0.15, 0.2) is 42.5 Å². The fourth-order valence-corrected chi connectivity index (χ4v) is 2.09. The topological polar surface area (TPSA) is 89.5 Å². The van der Waals surface area contributed by atoms with Crippen LogP contribution in [0.4, 0.5) is 17.1 Å². The van der Waals surface area contributed by atoms with E-state index in [-0.39, 0.29) is 16.9 Å². The highest BCUT2D eigenvalue weighted by atomic mass is 16.6. The zero-order valence-electron chi connectivity index (χ0n) is 12.7. The van der Waals surface area contributed by atoms with Gasteiger partial charge in [-0.3, -0.25) is 20.2 Å². The molecule has 0 atom stereocenters. The molecule has 0 heterocycles. The molecule has 2 rings (SSSR count). The van der Waals surface area contributed by atoms with Gasteiger partial charge in [0.2, 0.25) is 0 Å². The summed E-state index contributed by atoms with van der Waals surface area (Å²) >= 11 is 0. The van der Waals surface area contributed by atoms with Crippen molar-refractivity contribution in [1.82, 2.24) is 0 Å². The van der Waals surface area contributed by atoms with Crippen molar-refractivity contribution in [2.24, 2.45) is 0 Å². The summed E-state index contributed by atoms with van der Waals surface area (Å²) in [4.78, 5) is 22.8. The molecule has 0 bridgehead atoms. The van der Waals surface area contributed by atoms with Crippen LogP contribution in [0.25, 0.3) is 12.2 Å². The van der Waals surface area contributed by atoms with Gasteiger partial charge in [0.05, 0.1) is 9.85 Å². The van der Waals surface area contributed by atoms with Crippen molar-refractivity contribution in [2.75, 3.05) is 19.0 Å². The Balaban J connectivity index is 2.42. The third-order valence-corrected chi connectivity index (χ3v) is 3.31. The Bertz CT molecular complexity index is 735. The van der Waals surface area contributed by atoms with E-state index in [0.29, 0.717) is 0 Å². The standard InChI is InChI=1S/C16H15N3O4/c1-17(2)13-9-6-12(7-10-13)8-11-14-15(18(20)21)4-3-5-16(14)19(22)23/h3-11H,1-2H3/b11-8+. The highest BCUT2D eigenvalue weighted by Crippen LogP contribution is 2.30. The number of rotatable bonds is 5. The van der Waals surface area contributed by atoms with Gasteiger partial charge in [-0.2, -0.15) is 0 Å². The molecule has 0 N–H and O–H groups in total. The molecule has 0 spiro atoms. The van der Waals surface area contributed by atoms with Crippen LogP contribution in [0.5, 0.6) is 0 Å². The summed E-state index contributed by atoms with van der Waals surface area (Å²) in [7, 11) is 3.84. The first-order valence-electron chi connectivity index (χ1n) is 6.77. The van der Waals surface area contributed by atoms with Crippen LogP contribution in [0.2, 0.25) is 0 Å². The molecule has 0 saturated carbocycles. The molecule has 0 amide bonds. The van der Waals surface area contributed by atoms with E-state index in [1.54, 1.807) is 6.08 Å².